The molecule has 0 aliphatic carbocycles. The largest absolute Gasteiger partial charge is 0.378 e. The number of hydrogen-bond acceptors (Lipinski definition) is 4. The van der Waals surface area contributed by atoms with Crippen molar-refractivity contribution < 1.29 is 14.3 Å². The van der Waals surface area contributed by atoms with E-state index in [0.717, 1.165) is 32.5 Å². The minimum Gasteiger partial charge on any atom is -0.378 e. The second kappa shape index (κ2) is 5.55. The normalized spacial score (nSPS) is 34.1. The van der Waals surface area contributed by atoms with Crippen molar-refractivity contribution in [3.63, 3.8) is 0 Å². The molecule has 0 aromatic heterocycles. The number of carbonyl (C=O) groups excluding carboxylic acids is 1. The summed E-state index contributed by atoms with van der Waals surface area (Å²) in [5.74, 6) is -0.0608. The predicted octanol–water partition coefficient (Wildman–Crippen LogP) is 0.424. The van der Waals surface area contributed by atoms with Crippen molar-refractivity contribution in [3.05, 3.63) is 0 Å². The van der Waals surface area contributed by atoms with E-state index in [-0.39, 0.29) is 23.5 Å². The van der Waals surface area contributed by atoms with E-state index in [1.807, 2.05) is 13.8 Å². The highest BCUT2D eigenvalue weighted by Gasteiger charge is 2.41. The van der Waals surface area contributed by atoms with E-state index < -0.39 is 0 Å². The maximum atomic E-state index is 11.4. The molecule has 2 rings (SSSR count). The molecule has 18 heavy (non-hydrogen) atoms. The van der Waals surface area contributed by atoms with Crippen LogP contribution in [-0.2, 0) is 14.3 Å². The molecule has 2 aliphatic heterocycles. The van der Waals surface area contributed by atoms with Gasteiger partial charge in [-0.3, -0.25) is 4.79 Å². The molecule has 2 saturated heterocycles. The van der Waals surface area contributed by atoms with Crippen LogP contribution < -0.4 is 11.1 Å². The lowest BCUT2D eigenvalue weighted by Crippen LogP contribution is -2.54. The average Bonchev–Trinajstić information content (AvgIpc) is 2.73. The zero-order valence-corrected chi connectivity index (χ0v) is 11.3. The number of carbonyl (C=O) groups is 1. The first kappa shape index (κ1) is 13.8. The first-order chi connectivity index (χ1) is 8.52. The van der Waals surface area contributed by atoms with Gasteiger partial charge in [0.1, 0.15) is 0 Å². The highest BCUT2D eigenvalue weighted by atomic mass is 16.6. The molecule has 0 radical (unpaired) electrons. The summed E-state index contributed by atoms with van der Waals surface area (Å²) in [7, 11) is 0. The van der Waals surface area contributed by atoms with Crippen LogP contribution in [0.25, 0.3) is 0 Å². The standard InChI is InChI=1S/C13H24N2O3/c1-9(2)11(12(14)16)15-10-3-5-18-13(7-10)4-6-17-8-13/h9-11,15H,3-8H2,1-2H3,(H2,14,16). The molecule has 104 valence electrons. The lowest BCUT2D eigenvalue weighted by atomic mass is 9.88. The Hall–Kier alpha value is -0.650. The molecular formula is C13H24N2O3. The average molecular weight is 256 g/mol. The van der Waals surface area contributed by atoms with Crippen LogP contribution in [0.3, 0.4) is 0 Å². The van der Waals surface area contributed by atoms with Crippen LogP contribution in [0.2, 0.25) is 0 Å². The van der Waals surface area contributed by atoms with Gasteiger partial charge in [0, 0.05) is 25.7 Å². The van der Waals surface area contributed by atoms with Crippen LogP contribution in [0.5, 0.6) is 0 Å². The minimum absolute atomic E-state index is 0.130. The lowest BCUT2D eigenvalue weighted by molar-refractivity contribution is -0.122. The SMILES string of the molecule is CC(C)C(NC1CCOC2(CCOC2)C1)C(N)=O. The summed E-state index contributed by atoms with van der Waals surface area (Å²) in [4.78, 5) is 11.4. The molecule has 2 fully saturated rings. The monoisotopic (exact) mass is 256 g/mol. The summed E-state index contributed by atoms with van der Waals surface area (Å²) in [6, 6.07) is 0.0350. The molecule has 3 unspecified atom stereocenters. The third-order valence-electron chi connectivity index (χ3n) is 3.95. The van der Waals surface area contributed by atoms with E-state index in [0.29, 0.717) is 12.6 Å². The van der Waals surface area contributed by atoms with Gasteiger partial charge in [0.15, 0.2) is 0 Å². The smallest absolute Gasteiger partial charge is 0.234 e. The van der Waals surface area contributed by atoms with Crippen LogP contribution >= 0.6 is 0 Å². The Kier molecular flexibility index (Phi) is 4.25. The Balaban J connectivity index is 1.94. The second-order valence-corrected chi connectivity index (χ2v) is 5.81. The Labute approximate surface area is 108 Å². The quantitative estimate of drug-likeness (QED) is 0.765. The molecule has 3 N–H and O–H groups in total. The fourth-order valence-corrected chi connectivity index (χ4v) is 2.89. The van der Waals surface area contributed by atoms with Gasteiger partial charge in [-0.05, 0) is 18.8 Å². The van der Waals surface area contributed by atoms with E-state index in [1.54, 1.807) is 0 Å². The van der Waals surface area contributed by atoms with Crippen molar-refractivity contribution in [1.29, 1.82) is 0 Å². The first-order valence-electron chi connectivity index (χ1n) is 6.79. The van der Waals surface area contributed by atoms with E-state index in [1.165, 1.54) is 0 Å². The van der Waals surface area contributed by atoms with Crippen LogP contribution in [-0.4, -0.2) is 43.4 Å². The van der Waals surface area contributed by atoms with Crippen molar-refractivity contribution in [2.45, 2.75) is 50.8 Å². The molecule has 0 saturated carbocycles. The lowest BCUT2D eigenvalue weighted by Gasteiger charge is -2.39. The van der Waals surface area contributed by atoms with E-state index in [2.05, 4.69) is 5.32 Å². The number of amides is 1. The van der Waals surface area contributed by atoms with E-state index in [9.17, 15) is 4.79 Å². The molecule has 3 atom stereocenters. The van der Waals surface area contributed by atoms with Crippen LogP contribution in [0.1, 0.15) is 33.1 Å². The highest BCUT2D eigenvalue weighted by Crippen LogP contribution is 2.33. The van der Waals surface area contributed by atoms with Gasteiger partial charge in [-0.2, -0.15) is 0 Å². The van der Waals surface area contributed by atoms with Gasteiger partial charge >= 0.3 is 0 Å². The molecule has 1 spiro atoms. The summed E-state index contributed by atoms with van der Waals surface area (Å²) in [5.41, 5.74) is 5.31. The van der Waals surface area contributed by atoms with Crippen molar-refractivity contribution in [1.82, 2.24) is 5.32 Å². The van der Waals surface area contributed by atoms with Gasteiger partial charge in [0.25, 0.3) is 0 Å². The fraction of sp³-hybridized carbons (Fsp3) is 0.923. The van der Waals surface area contributed by atoms with Crippen molar-refractivity contribution in [2.75, 3.05) is 19.8 Å². The fourth-order valence-electron chi connectivity index (χ4n) is 2.89. The molecule has 5 nitrogen and oxygen atoms in total. The molecular weight excluding hydrogens is 232 g/mol. The van der Waals surface area contributed by atoms with Gasteiger partial charge in [-0.15, -0.1) is 0 Å². The first-order valence-corrected chi connectivity index (χ1v) is 6.79. The summed E-state index contributed by atoms with van der Waals surface area (Å²) in [5, 5.41) is 3.40. The zero-order valence-electron chi connectivity index (χ0n) is 11.3. The maximum Gasteiger partial charge on any atom is 0.234 e. The molecule has 5 heteroatoms. The Morgan fingerprint density at radius 2 is 2.22 bits per heavy atom. The van der Waals surface area contributed by atoms with Crippen molar-refractivity contribution >= 4 is 5.91 Å². The summed E-state index contributed by atoms with van der Waals surface area (Å²) in [6.45, 7) is 6.20. The Morgan fingerprint density at radius 1 is 1.44 bits per heavy atom. The predicted molar refractivity (Wildman–Crippen MR) is 68.1 cm³/mol. The highest BCUT2D eigenvalue weighted by molar-refractivity contribution is 5.80. The number of primary amides is 1. The third-order valence-corrected chi connectivity index (χ3v) is 3.95. The molecule has 0 aromatic carbocycles. The third kappa shape index (κ3) is 3.02. The number of nitrogens with two attached hydrogens (primary N) is 1. The van der Waals surface area contributed by atoms with E-state index >= 15 is 0 Å². The summed E-state index contributed by atoms with van der Waals surface area (Å²) < 4.78 is 11.3. The van der Waals surface area contributed by atoms with Crippen LogP contribution in [0.4, 0.5) is 0 Å². The van der Waals surface area contributed by atoms with Gasteiger partial charge in [0.2, 0.25) is 5.91 Å². The van der Waals surface area contributed by atoms with Gasteiger partial charge < -0.3 is 20.5 Å². The number of hydrogen-bond donors (Lipinski definition) is 2. The Morgan fingerprint density at radius 3 is 2.78 bits per heavy atom. The number of nitrogens with one attached hydrogen (secondary N) is 1. The van der Waals surface area contributed by atoms with Crippen LogP contribution in [0, 0.1) is 5.92 Å². The van der Waals surface area contributed by atoms with E-state index in [4.69, 9.17) is 15.2 Å². The van der Waals surface area contributed by atoms with Gasteiger partial charge in [-0.1, -0.05) is 13.8 Å². The molecule has 1 amide bonds. The second-order valence-electron chi connectivity index (χ2n) is 5.81. The minimum atomic E-state index is -0.270. The van der Waals surface area contributed by atoms with Crippen LogP contribution in [0.15, 0.2) is 0 Å². The summed E-state index contributed by atoms with van der Waals surface area (Å²) >= 11 is 0. The van der Waals surface area contributed by atoms with Gasteiger partial charge in [0.05, 0.1) is 18.2 Å². The summed E-state index contributed by atoms with van der Waals surface area (Å²) in [6.07, 6.45) is 2.79. The number of ether oxygens (including phenoxy) is 2. The molecule has 2 heterocycles. The topological polar surface area (TPSA) is 73.6 Å². The zero-order chi connectivity index (χ0) is 13.2. The van der Waals surface area contributed by atoms with Crippen molar-refractivity contribution in [3.8, 4) is 0 Å². The molecule has 2 aliphatic rings. The molecule has 0 aromatic rings. The Bertz CT molecular complexity index is 301. The van der Waals surface area contributed by atoms with Gasteiger partial charge in [-0.25, -0.2) is 0 Å². The maximum absolute atomic E-state index is 11.4. The van der Waals surface area contributed by atoms with Crippen molar-refractivity contribution in [2.24, 2.45) is 11.7 Å². The number of rotatable bonds is 4. The molecule has 0 bridgehead atoms.